The van der Waals surface area contributed by atoms with Crippen LogP contribution in [0.25, 0.3) is 11.3 Å². The van der Waals surface area contributed by atoms with Crippen molar-refractivity contribution < 1.29 is 19.1 Å². The Morgan fingerprint density at radius 3 is 2.46 bits per heavy atom. The lowest BCUT2D eigenvalue weighted by Gasteiger charge is -2.18. The molecule has 0 radical (unpaired) electrons. The highest BCUT2D eigenvalue weighted by molar-refractivity contribution is 7.14. The molecule has 0 bridgehead atoms. The maximum Gasteiger partial charge on any atom is 0.397 e. The minimum absolute atomic E-state index is 0.0450. The molecular weight excluding hydrogens is 352 g/mol. The topological polar surface area (TPSA) is 77.5 Å². The lowest BCUT2D eigenvalue weighted by atomic mass is 9.86. The Morgan fingerprint density at radius 1 is 1.15 bits per heavy atom. The van der Waals surface area contributed by atoms with Crippen LogP contribution < -0.4 is 5.32 Å². The summed E-state index contributed by atoms with van der Waals surface area (Å²) in [7, 11) is 0. The number of nitrogens with one attached hydrogen (secondary N) is 1. The van der Waals surface area contributed by atoms with Crippen LogP contribution in [-0.2, 0) is 24.5 Å². The van der Waals surface area contributed by atoms with Gasteiger partial charge in [0.2, 0.25) is 0 Å². The van der Waals surface area contributed by atoms with Gasteiger partial charge in [0.15, 0.2) is 5.13 Å². The van der Waals surface area contributed by atoms with Gasteiger partial charge in [0.25, 0.3) is 0 Å². The number of thiazole rings is 1. The number of rotatable bonds is 6. The van der Waals surface area contributed by atoms with Crippen molar-refractivity contribution in [2.45, 2.75) is 33.1 Å². The molecule has 0 aliphatic carbocycles. The van der Waals surface area contributed by atoms with E-state index in [1.807, 2.05) is 24.4 Å². The minimum atomic E-state index is -0.948. The number of ether oxygens (including phenoxy) is 2. The third kappa shape index (κ3) is 5.64. The molecule has 0 fully saturated rings. The van der Waals surface area contributed by atoms with Gasteiger partial charge in [-0.3, -0.25) is 10.1 Å². The molecule has 0 spiro atoms. The lowest BCUT2D eigenvalue weighted by Crippen LogP contribution is -2.26. The lowest BCUT2D eigenvalue weighted by molar-refractivity contribution is -0.153. The standard InChI is InChI=1S/C19H24N2O4S/c1-5-24-10-11-25-17(23)16(22)21-18-20-15(12-26-18)13-6-8-14(9-7-13)19(2,3)4/h6-9,12H,5,10-11H2,1-4H3,(H,20,21,22). The van der Waals surface area contributed by atoms with Crippen molar-refractivity contribution in [3.8, 4) is 11.3 Å². The zero-order chi connectivity index (χ0) is 19.2. The fraction of sp³-hybridized carbons (Fsp3) is 0.421. The van der Waals surface area contributed by atoms with Crippen molar-refractivity contribution in [3.05, 3.63) is 35.2 Å². The molecule has 2 aromatic rings. The monoisotopic (exact) mass is 376 g/mol. The fourth-order valence-electron chi connectivity index (χ4n) is 2.16. The second-order valence-corrected chi connectivity index (χ2v) is 7.51. The van der Waals surface area contributed by atoms with E-state index in [0.717, 1.165) is 11.3 Å². The summed E-state index contributed by atoms with van der Waals surface area (Å²) >= 11 is 1.26. The Balaban J connectivity index is 1.95. The normalized spacial score (nSPS) is 11.2. The van der Waals surface area contributed by atoms with Crippen molar-refractivity contribution in [3.63, 3.8) is 0 Å². The van der Waals surface area contributed by atoms with Gasteiger partial charge in [0.1, 0.15) is 6.61 Å². The maximum atomic E-state index is 11.8. The number of carbonyl (C=O) groups excluding carboxylic acids is 2. The summed E-state index contributed by atoms with van der Waals surface area (Å²) in [6, 6.07) is 8.15. The zero-order valence-corrected chi connectivity index (χ0v) is 16.3. The molecule has 0 atom stereocenters. The Bertz CT molecular complexity index is 748. The number of amides is 1. The van der Waals surface area contributed by atoms with E-state index in [1.165, 1.54) is 16.9 Å². The van der Waals surface area contributed by atoms with E-state index < -0.39 is 11.9 Å². The summed E-state index contributed by atoms with van der Waals surface area (Å²) in [6.45, 7) is 9.16. The molecule has 2 rings (SSSR count). The van der Waals surface area contributed by atoms with Crippen LogP contribution in [-0.4, -0.2) is 36.7 Å². The molecular formula is C19H24N2O4S. The summed E-state index contributed by atoms with van der Waals surface area (Å²) in [4.78, 5) is 27.8. The Morgan fingerprint density at radius 2 is 1.85 bits per heavy atom. The SMILES string of the molecule is CCOCCOC(=O)C(=O)Nc1nc(-c2ccc(C(C)(C)C)cc2)cs1. The zero-order valence-electron chi connectivity index (χ0n) is 15.5. The van der Waals surface area contributed by atoms with Crippen molar-refractivity contribution in [2.75, 3.05) is 25.1 Å². The number of benzene rings is 1. The van der Waals surface area contributed by atoms with Crippen molar-refractivity contribution in [1.82, 2.24) is 4.98 Å². The average molecular weight is 376 g/mol. The minimum Gasteiger partial charge on any atom is -0.456 e. The number of hydrogen-bond acceptors (Lipinski definition) is 6. The van der Waals surface area contributed by atoms with Crippen LogP contribution in [0.2, 0.25) is 0 Å². The van der Waals surface area contributed by atoms with Gasteiger partial charge in [0.05, 0.1) is 12.3 Å². The summed E-state index contributed by atoms with van der Waals surface area (Å²) in [5, 5.41) is 4.65. The molecule has 0 saturated carbocycles. The fourth-order valence-corrected chi connectivity index (χ4v) is 2.87. The molecule has 1 aromatic carbocycles. The van der Waals surface area contributed by atoms with Crippen LogP contribution in [0.1, 0.15) is 33.3 Å². The molecule has 0 aliphatic heterocycles. The highest BCUT2D eigenvalue weighted by Gasteiger charge is 2.18. The van der Waals surface area contributed by atoms with Gasteiger partial charge < -0.3 is 9.47 Å². The molecule has 1 N–H and O–H groups in total. The number of esters is 1. The second kappa shape index (κ2) is 8.91. The quantitative estimate of drug-likeness (QED) is 0.473. The third-order valence-corrected chi connectivity index (χ3v) is 4.38. The smallest absolute Gasteiger partial charge is 0.397 e. The highest BCUT2D eigenvalue weighted by Crippen LogP contribution is 2.28. The van der Waals surface area contributed by atoms with Crippen LogP contribution >= 0.6 is 11.3 Å². The molecule has 1 aromatic heterocycles. The molecule has 1 amide bonds. The van der Waals surface area contributed by atoms with E-state index in [-0.39, 0.29) is 18.6 Å². The predicted octanol–water partition coefficient (Wildman–Crippen LogP) is 3.63. The van der Waals surface area contributed by atoms with Crippen molar-refractivity contribution in [1.29, 1.82) is 0 Å². The van der Waals surface area contributed by atoms with Gasteiger partial charge in [-0.1, -0.05) is 45.0 Å². The van der Waals surface area contributed by atoms with Crippen molar-refractivity contribution in [2.24, 2.45) is 0 Å². The van der Waals surface area contributed by atoms with E-state index in [4.69, 9.17) is 9.47 Å². The first-order valence-corrected chi connectivity index (χ1v) is 9.31. The van der Waals surface area contributed by atoms with E-state index in [2.05, 4.69) is 43.2 Å². The summed E-state index contributed by atoms with van der Waals surface area (Å²) < 4.78 is 9.86. The van der Waals surface area contributed by atoms with E-state index in [0.29, 0.717) is 11.7 Å². The third-order valence-electron chi connectivity index (χ3n) is 3.62. The van der Waals surface area contributed by atoms with Crippen LogP contribution in [0.4, 0.5) is 5.13 Å². The van der Waals surface area contributed by atoms with Crippen LogP contribution in [0.3, 0.4) is 0 Å². The van der Waals surface area contributed by atoms with E-state index in [9.17, 15) is 9.59 Å². The van der Waals surface area contributed by atoms with Gasteiger partial charge in [-0.15, -0.1) is 11.3 Å². The van der Waals surface area contributed by atoms with Crippen LogP contribution in [0.15, 0.2) is 29.6 Å². The molecule has 0 unspecified atom stereocenters. The van der Waals surface area contributed by atoms with E-state index >= 15 is 0 Å². The molecule has 0 saturated heterocycles. The maximum absolute atomic E-state index is 11.8. The molecule has 1 heterocycles. The number of carbonyl (C=O) groups is 2. The Labute approximate surface area is 157 Å². The number of aromatic nitrogens is 1. The first-order valence-electron chi connectivity index (χ1n) is 8.43. The van der Waals surface area contributed by atoms with Gasteiger partial charge in [0, 0.05) is 17.6 Å². The largest absolute Gasteiger partial charge is 0.456 e. The van der Waals surface area contributed by atoms with Gasteiger partial charge in [-0.05, 0) is 17.9 Å². The molecule has 140 valence electrons. The summed E-state index contributed by atoms with van der Waals surface area (Å²) in [5.74, 6) is -1.79. The number of anilines is 1. The van der Waals surface area contributed by atoms with Crippen LogP contribution in [0, 0.1) is 0 Å². The first-order chi connectivity index (χ1) is 12.3. The van der Waals surface area contributed by atoms with Crippen LogP contribution in [0.5, 0.6) is 0 Å². The summed E-state index contributed by atoms with van der Waals surface area (Å²) in [5.41, 5.74) is 3.02. The number of nitrogens with zero attached hydrogens (tertiary/aromatic N) is 1. The molecule has 6 nitrogen and oxygen atoms in total. The molecule has 7 heteroatoms. The highest BCUT2D eigenvalue weighted by atomic mass is 32.1. The first kappa shape index (κ1) is 20.1. The van der Waals surface area contributed by atoms with Gasteiger partial charge in [-0.2, -0.15) is 0 Å². The molecule has 26 heavy (non-hydrogen) atoms. The van der Waals surface area contributed by atoms with Gasteiger partial charge >= 0.3 is 11.9 Å². The average Bonchev–Trinajstić information content (AvgIpc) is 3.06. The predicted molar refractivity (Wildman–Crippen MR) is 102 cm³/mol. The van der Waals surface area contributed by atoms with E-state index in [1.54, 1.807) is 0 Å². The summed E-state index contributed by atoms with van der Waals surface area (Å²) in [6.07, 6.45) is 0. The second-order valence-electron chi connectivity index (χ2n) is 6.65. The number of hydrogen-bond donors (Lipinski definition) is 1. The van der Waals surface area contributed by atoms with Crippen molar-refractivity contribution >= 4 is 28.3 Å². The van der Waals surface area contributed by atoms with Gasteiger partial charge in [-0.25, -0.2) is 9.78 Å². The molecule has 0 aliphatic rings. The Kier molecular flexibility index (Phi) is 6.88. The Hall–Kier alpha value is -2.25.